The van der Waals surface area contributed by atoms with Crippen molar-refractivity contribution in [3.8, 4) is 0 Å². The van der Waals surface area contributed by atoms with Crippen LogP contribution in [0.2, 0.25) is 0 Å². The van der Waals surface area contributed by atoms with Gasteiger partial charge in [0.1, 0.15) is 6.04 Å². The van der Waals surface area contributed by atoms with E-state index in [1.54, 1.807) is 12.0 Å². The number of nitrogens with one attached hydrogen (secondary N) is 1. The number of hydrogen-bond acceptors (Lipinski definition) is 4. The van der Waals surface area contributed by atoms with E-state index in [-0.39, 0.29) is 18.8 Å². The molecule has 0 spiro atoms. The molecule has 1 rings (SSSR count). The molecule has 1 fully saturated rings. The summed E-state index contributed by atoms with van der Waals surface area (Å²) in [6.07, 6.45) is 1.76. The maximum absolute atomic E-state index is 12.1. The Morgan fingerprint density at radius 2 is 2.19 bits per heavy atom. The van der Waals surface area contributed by atoms with Gasteiger partial charge in [-0.05, 0) is 19.3 Å². The van der Waals surface area contributed by atoms with Crippen LogP contribution in [-0.2, 0) is 14.3 Å². The minimum atomic E-state index is -1.17. The lowest BCUT2D eigenvalue weighted by Gasteiger charge is -2.33. The lowest BCUT2D eigenvalue weighted by atomic mass is 9.99. The summed E-state index contributed by atoms with van der Waals surface area (Å²) < 4.78 is 5.09. The first-order chi connectivity index (χ1) is 9.93. The molecule has 0 radical (unpaired) electrons. The van der Waals surface area contributed by atoms with E-state index in [1.807, 2.05) is 0 Å². The number of urea groups is 1. The van der Waals surface area contributed by atoms with Gasteiger partial charge in [-0.15, -0.1) is 0 Å². The molecule has 1 heterocycles. The Bertz CT molecular complexity index is 386. The van der Waals surface area contributed by atoms with Gasteiger partial charge < -0.3 is 25.8 Å². The SMILES string of the molecule is COCC1CCCN(C(=O)N[C@H](CCC(N)=O)C(=O)O)C1. The summed E-state index contributed by atoms with van der Waals surface area (Å²) in [6.45, 7) is 1.71. The van der Waals surface area contributed by atoms with Crippen LogP contribution in [0.3, 0.4) is 0 Å². The summed E-state index contributed by atoms with van der Waals surface area (Å²) in [6, 6.07) is -1.53. The van der Waals surface area contributed by atoms with Gasteiger partial charge in [0, 0.05) is 32.5 Å². The molecule has 2 atom stereocenters. The minimum absolute atomic E-state index is 0.00819. The van der Waals surface area contributed by atoms with E-state index in [4.69, 9.17) is 15.6 Å². The van der Waals surface area contributed by atoms with E-state index in [2.05, 4.69) is 5.32 Å². The van der Waals surface area contributed by atoms with Crippen molar-refractivity contribution >= 4 is 17.9 Å². The van der Waals surface area contributed by atoms with Crippen LogP contribution >= 0.6 is 0 Å². The highest BCUT2D eigenvalue weighted by atomic mass is 16.5. The Kier molecular flexibility index (Phi) is 6.93. The number of piperidine rings is 1. The predicted octanol–water partition coefficient (Wildman–Crippen LogP) is -0.227. The molecule has 120 valence electrons. The molecule has 0 aliphatic carbocycles. The van der Waals surface area contributed by atoms with Crippen LogP contribution in [0.4, 0.5) is 4.79 Å². The lowest BCUT2D eigenvalue weighted by Crippen LogP contribution is -2.51. The van der Waals surface area contributed by atoms with E-state index in [1.165, 1.54) is 0 Å². The highest BCUT2D eigenvalue weighted by Crippen LogP contribution is 2.16. The maximum atomic E-state index is 12.1. The number of aliphatic carboxylic acids is 1. The minimum Gasteiger partial charge on any atom is -0.480 e. The fourth-order valence-corrected chi connectivity index (χ4v) is 2.41. The third-order valence-electron chi connectivity index (χ3n) is 3.48. The molecule has 4 N–H and O–H groups in total. The number of amides is 3. The van der Waals surface area contributed by atoms with Gasteiger partial charge in [0.25, 0.3) is 0 Å². The second kappa shape index (κ2) is 8.46. The third kappa shape index (κ3) is 5.99. The number of nitrogens with two attached hydrogens (primary N) is 1. The molecule has 0 saturated carbocycles. The first-order valence-corrected chi connectivity index (χ1v) is 6.99. The lowest BCUT2D eigenvalue weighted by molar-refractivity contribution is -0.139. The molecule has 1 aliphatic rings. The highest BCUT2D eigenvalue weighted by Gasteiger charge is 2.27. The summed E-state index contributed by atoms with van der Waals surface area (Å²) in [5.74, 6) is -1.49. The second-order valence-corrected chi connectivity index (χ2v) is 5.25. The molecule has 3 amide bonds. The zero-order chi connectivity index (χ0) is 15.8. The van der Waals surface area contributed by atoms with Crippen molar-refractivity contribution in [3.63, 3.8) is 0 Å². The van der Waals surface area contributed by atoms with E-state index in [9.17, 15) is 14.4 Å². The zero-order valence-electron chi connectivity index (χ0n) is 12.2. The van der Waals surface area contributed by atoms with Crippen molar-refractivity contribution in [2.45, 2.75) is 31.7 Å². The molecular formula is C13H23N3O5. The van der Waals surface area contributed by atoms with Gasteiger partial charge in [-0.1, -0.05) is 0 Å². The fraction of sp³-hybridized carbons (Fsp3) is 0.769. The van der Waals surface area contributed by atoms with Crippen LogP contribution in [0.1, 0.15) is 25.7 Å². The number of carbonyl (C=O) groups is 3. The Hall–Kier alpha value is -1.83. The van der Waals surface area contributed by atoms with Crippen molar-refractivity contribution in [1.82, 2.24) is 10.2 Å². The zero-order valence-corrected chi connectivity index (χ0v) is 12.2. The molecule has 0 bridgehead atoms. The van der Waals surface area contributed by atoms with Gasteiger partial charge in [-0.2, -0.15) is 0 Å². The van der Waals surface area contributed by atoms with Crippen LogP contribution in [0.15, 0.2) is 0 Å². The smallest absolute Gasteiger partial charge is 0.326 e. The number of primary amides is 1. The molecule has 1 saturated heterocycles. The van der Waals surface area contributed by atoms with Gasteiger partial charge in [0.15, 0.2) is 0 Å². The number of methoxy groups -OCH3 is 1. The van der Waals surface area contributed by atoms with E-state index in [0.717, 1.165) is 12.8 Å². The molecule has 8 heteroatoms. The molecule has 8 nitrogen and oxygen atoms in total. The number of nitrogens with zero attached hydrogens (tertiary/aromatic N) is 1. The molecular weight excluding hydrogens is 278 g/mol. The first-order valence-electron chi connectivity index (χ1n) is 6.99. The molecule has 21 heavy (non-hydrogen) atoms. The number of carboxylic acids is 1. The van der Waals surface area contributed by atoms with Crippen molar-refractivity contribution in [1.29, 1.82) is 0 Å². The molecule has 0 aromatic carbocycles. The predicted molar refractivity (Wildman–Crippen MR) is 74.6 cm³/mol. The second-order valence-electron chi connectivity index (χ2n) is 5.25. The Balaban J connectivity index is 2.52. The largest absolute Gasteiger partial charge is 0.480 e. The average Bonchev–Trinajstić information content (AvgIpc) is 2.43. The van der Waals surface area contributed by atoms with Gasteiger partial charge >= 0.3 is 12.0 Å². The Morgan fingerprint density at radius 3 is 2.76 bits per heavy atom. The summed E-state index contributed by atoms with van der Waals surface area (Å²) >= 11 is 0. The van der Waals surface area contributed by atoms with Crippen molar-refractivity contribution in [2.24, 2.45) is 11.7 Å². The number of likely N-dealkylation sites (tertiary alicyclic amines) is 1. The molecule has 0 aromatic heterocycles. The van der Waals surface area contributed by atoms with Gasteiger partial charge in [0.2, 0.25) is 5.91 Å². The first kappa shape index (κ1) is 17.2. The number of ether oxygens (including phenoxy) is 1. The van der Waals surface area contributed by atoms with Crippen LogP contribution in [0.25, 0.3) is 0 Å². The van der Waals surface area contributed by atoms with Gasteiger partial charge in [-0.25, -0.2) is 9.59 Å². The van der Waals surface area contributed by atoms with Gasteiger partial charge in [0.05, 0.1) is 6.61 Å². The molecule has 1 aliphatic heterocycles. The monoisotopic (exact) mass is 301 g/mol. The number of carboxylic acid groups (broad SMARTS) is 1. The van der Waals surface area contributed by atoms with Crippen molar-refractivity contribution < 1.29 is 24.2 Å². The molecule has 0 aromatic rings. The maximum Gasteiger partial charge on any atom is 0.326 e. The van der Waals surface area contributed by atoms with E-state index in [0.29, 0.717) is 19.7 Å². The van der Waals surface area contributed by atoms with E-state index < -0.39 is 23.9 Å². The summed E-state index contributed by atoms with van der Waals surface area (Å²) in [4.78, 5) is 35.5. The van der Waals surface area contributed by atoms with Crippen LogP contribution in [0.5, 0.6) is 0 Å². The van der Waals surface area contributed by atoms with Gasteiger partial charge in [-0.3, -0.25) is 4.79 Å². The Morgan fingerprint density at radius 1 is 1.48 bits per heavy atom. The Labute approximate surface area is 123 Å². The van der Waals surface area contributed by atoms with E-state index >= 15 is 0 Å². The summed E-state index contributed by atoms with van der Waals surface area (Å²) in [5, 5.41) is 11.5. The normalized spacial score (nSPS) is 19.9. The third-order valence-corrected chi connectivity index (χ3v) is 3.48. The number of hydrogen-bond donors (Lipinski definition) is 3. The fourth-order valence-electron chi connectivity index (χ4n) is 2.41. The van der Waals surface area contributed by atoms with Crippen molar-refractivity contribution in [2.75, 3.05) is 26.8 Å². The van der Waals surface area contributed by atoms with Crippen LogP contribution < -0.4 is 11.1 Å². The average molecular weight is 301 g/mol. The number of carbonyl (C=O) groups excluding carboxylic acids is 2. The summed E-state index contributed by atoms with van der Waals surface area (Å²) in [7, 11) is 1.61. The topological polar surface area (TPSA) is 122 Å². The highest BCUT2D eigenvalue weighted by molar-refractivity contribution is 5.83. The summed E-state index contributed by atoms with van der Waals surface area (Å²) in [5.41, 5.74) is 5.00. The van der Waals surface area contributed by atoms with Crippen molar-refractivity contribution in [3.05, 3.63) is 0 Å². The van der Waals surface area contributed by atoms with Crippen LogP contribution in [-0.4, -0.2) is 60.8 Å². The standard InChI is InChI=1S/C13H23N3O5/c1-21-8-9-3-2-6-16(7-9)13(20)15-10(12(18)19)4-5-11(14)17/h9-10H,2-8H2,1H3,(H2,14,17)(H,15,20)(H,18,19)/t9?,10-/m1/s1. The van der Waals surface area contributed by atoms with Crippen LogP contribution in [0, 0.1) is 5.92 Å². The number of rotatable bonds is 7. The quantitative estimate of drug-likeness (QED) is 0.599. The molecule has 1 unspecified atom stereocenters.